The molecule has 8 nitrogen and oxygen atoms in total. The van der Waals surface area contributed by atoms with E-state index in [0.717, 1.165) is 11.4 Å². The predicted octanol–water partition coefficient (Wildman–Crippen LogP) is 2.51. The Kier molecular flexibility index (Phi) is 7.58. The number of guanidine groups is 1. The summed E-state index contributed by atoms with van der Waals surface area (Å²) in [5, 5.41) is 8.85. The van der Waals surface area contributed by atoms with Crippen LogP contribution in [0.1, 0.15) is 32.2 Å². The average Bonchev–Trinajstić information content (AvgIpc) is 3.05. The summed E-state index contributed by atoms with van der Waals surface area (Å²) in [5.41, 5.74) is 0.703. The van der Waals surface area contributed by atoms with Gasteiger partial charge in [-0.2, -0.15) is 0 Å². The molecule has 1 heterocycles. The number of aliphatic imine (C=N–C) groups is 1. The highest BCUT2D eigenvalue weighted by molar-refractivity contribution is 5.79. The van der Waals surface area contributed by atoms with Crippen molar-refractivity contribution in [1.82, 2.24) is 25.5 Å². The van der Waals surface area contributed by atoms with Crippen LogP contribution in [0.15, 0.2) is 35.6 Å². The quantitative estimate of drug-likeness (QED) is 0.391. The Labute approximate surface area is 170 Å². The maximum Gasteiger partial charge on any atom is 0.407 e. The van der Waals surface area contributed by atoms with Gasteiger partial charge in [-0.25, -0.2) is 14.2 Å². The molecule has 3 N–H and O–H groups in total. The summed E-state index contributed by atoms with van der Waals surface area (Å²) in [6, 6.07) is 5.06. The maximum absolute atomic E-state index is 14.5. The van der Waals surface area contributed by atoms with Gasteiger partial charge in [-0.1, -0.05) is 6.07 Å². The van der Waals surface area contributed by atoms with Gasteiger partial charge in [0.05, 0.1) is 5.69 Å². The maximum atomic E-state index is 14.5. The fourth-order valence-electron chi connectivity index (χ4n) is 2.55. The molecule has 9 heteroatoms. The van der Waals surface area contributed by atoms with Crippen molar-refractivity contribution in [2.24, 2.45) is 4.99 Å². The smallest absolute Gasteiger partial charge is 0.407 e. The van der Waals surface area contributed by atoms with Gasteiger partial charge in [0, 0.05) is 39.1 Å². The Hall–Kier alpha value is -3.10. The zero-order valence-electron chi connectivity index (χ0n) is 17.5. The van der Waals surface area contributed by atoms with Crippen molar-refractivity contribution in [3.63, 3.8) is 0 Å². The van der Waals surface area contributed by atoms with Crippen molar-refractivity contribution >= 4 is 12.1 Å². The number of rotatable bonds is 6. The van der Waals surface area contributed by atoms with E-state index >= 15 is 0 Å². The van der Waals surface area contributed by atoms with Crippen LogP contribution in [0.3, 0.4) is 0 Å². The topological polar surface area (TPSA) is 92.6 Å². The summed E-state index contributed by atoms with van der Waals surface area (Å²) in [6.07, 6.45) is 2.89. The highest BCUT2D eigenvalue weighted by atomic mass is 19.1. The standard InChI is InChI=1S/C20H29FN6O2/c1-14-23-10-11-27(14)17-7-6-15(12-16(17)21)13-26-18(22-5)24-8-9-25-19(28)29-20(2,3)4/h6-7,10-12H,8-9,13H2,1-5H3,(H,25,28)(H2,22,24,26). The number of ether oxygens (including phenoxy) is 1. The van der Waals surface area contributed by atoms with Crippen LogP contribution in [0.25, 0.3) is 5.69 Å². The lowest BCUT2D eigenvalue weighted by atomic mass is 10.2. The lowest BCUT2D eigenvalue weighted by Crippen LogP contribution is -2.42. The number of benzene rings is 1. The predicted molar refractivity (Wildman–Crippen MR) is 111 cm³/mol. The molecule has 0 aliphatic rings. The first-order valence-electron chi connectivity index (χ1n) is 9.39. The van der Waals surface area contributed by atoms with E-state index in [1.54, 1.807) is 30.1 Å². The summed E-state index contributed by atoms with van der Waals surface area (Å²) >= 11 is 0. The first-order valence-corrected chi connectivity index (χ1v) is 9.39. The lowest BCUT2D eigenvalue weighted by Gasteiger charge is -2.20. The zero-order chi connectivity index (χ0) is 21.4. The van der Waals surface area contributed by atoms with Gasteiger partial charge in [-0.15, -0.1) is 0 Å². The van der Waals surface area contributed by atoms with E-state index in [-0.39, 0.29) is 5.82 Å². The molecule has 1 aromatic heterocycles. The van der Waals surface area contributed by atoms with E-state index in [4.69, 9.17) is 4.74 Å². The molecule has 29 heavy (non-hydrogen) atoms. The number of aromatic nitrogens is 2. The van der Waals surface area contributed by atoms with Crippen LogP contribution in [0.2, 0.25) is 0 Å². The number of amides is 1. The molecular formula is C20H29FN6O2. The molecule has 0 bridgehead atoms. The van der Waals surface area contributed by atoms with Crippen LogP contribution in [-0.4, -0.2) is 47.3 Å². The molecule has 0 aliphatic heterocycles. The minimum Gasteiger partial charge on any atom is -0.444 e. The summed E-state index contributed by atoms with van der Waals surface area (Å²) in [7, 11) is 1.64. The Bertz CT molecular complexity index is 857. The number of carbonyl (C=O) groups excluding carboxylic acids is 1. The Morgan fingerprint density at radius 2 is 1.97 bits per heavy atom. The number of carbonyl (C=O) groups is 1. The van der Waals surface area contributed by atoms with Crippen LogP contribution in [0.4, 0.5) is 9.18 Å². The molecule has 0 atom stereocenters. The van der Waals surface area contributed by atoms with Gasteiger partial charge in [0.25, 0.3) is 0 Å². The second-order valence-corrected chi connectivity index (χ2v) is 7.41. The second kappa shape index (κ2) is 9.90. The van der Waals surface area contributed by atoms with Crippen molar-refractivity contribution in [3.8, 4) is 5.69 Å². The van der Waals surface area contributed by atoms with Crippen molar-refractivity contribution in [2.75, 3.05) is 20.1 Å². The average molecular weight is 404 g/mol. The molecule has 2 aromatic rings. The van der Waals surface area contributed by atoms with Crippen LogP contribution in [0, 0.1) is 12.7 Å². The van der Waals surface area contributed by atoms with Gasteiger partial charge in [0.2, 0.25) is 0 Å². The second-order valence-electron chi connectivity index (χ2n) is 7.41. The van der Waals surface area contributed by atoms with Gasteiger partial charge < -0.3 is 25.3 Å². The molecule has 1 aromatic carbocycles. The summed E-state index contributed by atoms with van der Waals surface area (Å²) in [4.78, 5) is 19.8. The number of alkyl carbamates (subject to hydrolysis) is 1. The highest BCUT2D eigenvalue weighted by Gasteiger charge is 2.15. The van der Waals surface area contributed by atoms with Crippen LogP contribution < -0.4 is 16.0 Å². The summed E-state index contributed by atoms with van der Waals surface area (Å²) in [5.74, 6) is 0.945. The molecule has 0 saturated heterocycles. The van der Waals surface area contributed by atoms with E-state index in [2.05, 4.69) is 25.9 Å². The Morgan fingerprint density at radius 3 is 2.55 bits per heavy atom. The molecule has 158 valence electrons. The molecular weight excluding hydrogens is 375 g/mol. The monoisotopic (exact) mass is 404 g/mol. The number of hydrogen-bond donors (Lipinski definition) is 3. The Morgan fingerprint density at radius 1 is 1.24 bits per heavy atom. The minimum absolute atomic E-state index is 0.324. The highest BCUT2D eigenvalue weighted by Crippen LogP contribution is 2.16. The molecule has 0 radical (unpaired) electrons. The third kappa shape index (κ3) is 7.10. The minimum atomic E-state index is -0.531. The lowest BCUT2D eigenvalue weighted by molar-refractivity contribution is 0.0529. The number of imidazole rings is 1. The fraction of sp³-hybridized carbons (Fsp3) is 0.450. The van der Waals surface area contributed by atoms with Crippen LogP contribution in [-0.2, 0) is 11.3 Å². The molecule has 0 spiro atoms. The number of nitrogens with one attached hydrogen (secondary N) is 3. The normalized spacial score (nSPS) is 11.9. The molecule has 2 rings (SSSR count). The first-order chi connectivity index (χ1) is 13.7. The van der Waals surface area contributed by atoms with Gasteiger partial charge in [-0.3, -0.25) is 4.99 Å². The molecule has 0 aliphatic carbocycles. The van der Waals surface area contributed by atoms with Crippen molar-refractivity contribution in [1.29, 1.82) is 0 Å². The molecule has 0 fully saturated rings. The molecule has 1 amide bonds. The summed E-state index contributed by atoms with van der Waals surface area (Å²) < 4.78 is 21.3. The number of hydrogen-bond acceptors (Lipinski definition) is 4. The van der Waals surface area contributed by atoms with Gasteiger partial charge >= 0.3 is 6.09 Å². The third-order valence-electron chi connectivity index (χ3n) is 3.87. The van der Waals surface area contributed by atoms with Crippen LogP contribution in [0.5, 0.6) is 0 Å². The SMILES string of the molecule is CN=C(NCCNC(=O)OC(C)(C)C)NCc1ccc(-n2ccnc2C)c(F)c1. The van der Waals surface area contributed by atoms with E-state index < -0.39 is 11.7 Å². The van der Waals surface area contributed by atoms with Crippen molar-refractivity contribution in [2.45, 2.75) is 39.8 Å². The third-order valence-corrected chi connectivity index (χ3v) is 3.87. The van der Waals surface area contributed by atoms with Gasteiger partial charge in [0.1, 0.15) is 17.2 Å². The van der Waals surface area contributed by atoms with Crippen LogP contribution >= 0.6 is 0 Å². The molecule has 0 saturated carbocycles. The molecule has 0 unspecified atom stereocenters. The summed E-state index contributed by atoms with van der Waals surface area (Å²) in [6.45, 7) is 8.49. The number of halogens is 1. The van der Waals surface area contributed by atoms with E-state index in [0.29, 0.717) is 31.3 Å². The van der Waals surface area contributed by atoms with E-state index in [9.17, 15) is 9.18 Å². The first kappa shape index (κ1) is 22.2. The largest absolute Gasteiger partial charge is 0.444 e. The number of aryl methyl sites for hydroxylation is 1. The van der Waals surface area contributed by atoms with Crippen molar-refractivity contribution in [3.05, 3.63) is 47.8 Å². The van der Waals surface area contributed by atoms with E-state index in [1.807, 2.05) is 33.8 Å². The van der Waals surface area contributed by atoms with Gasteiger partial charge in [0.15, 0.2) is 5.96 Å². The van der Waals surface area contributed by atoms with E-state index in [1.165, 1.54) is 6.07 Å². The van der Waals surface area contributed by atoms with Gasteiger partial charge in [-0.05, 0) is 45.4 Å². The number of nitrogens with zero attached hydrogens (tertiary/aromatic N) is 3. The fourth-order valence-corrected chi connectivity index (χ4v) is 2.55. The zero-order valence-corrected chi connectivity index (χ0v) is 17.5. The van der Waals surface area contributed by atoms with Crippen molar-refractivity contribution < 1.29 is 13.9 Å². The Balaban J connectivity index is 1.80.